The van der Waals surface area contributed by atoms with E-state index < -0.39 is 5.91 Å². The van der Waals surface area contributed by atoms with E-state index in [0.29, 0.717) is 11.1 Å². The highest BCUT2D eigenvalue weighted by Crippen LogP contribution is 2.30. The Hall–Kier alpha value is -2.61. The lowest BCUT2D eigenvalue weighted by Crippen LogP contribution is -2.42. The predicted molar refractivity (Wildman–Crippen MR) is 107 cm³/mol. The molecular formula is C22H29N3O2. The maximum atomic E-state index is 12.9. The number of amides is 2. The molecule has 1 aromatic rings. The second-order valence-corrected chi connectivity index (χ2v) is 7.97. The second kappa shape index (κ2) is 7.96. The third kappa shape index (κ3) is 4.05. The SMILES string of the molecule is CCCCn1cc(C(C)(C)C)cc1/C=C1/C(=O)N(CC)C(=O)C(C#N)=C1C. The summed E-state index contributed by atoms with van der Waals surface area (Å²) in [5.41, 5.74) is 3.04. The van der Waals surface area contributed by atoms with Gasteiger partial charge in [0.15, 0.2) is 0 Å². The minimum absolute atomic E-state index is 0.00455. The molecule has 0 N–H and O–H groups in total. The first-order chi connectivity index (χ1) is 12.6. The van der Waals surface area contributed by atoms with E-state index in [1.54, 1.807) is 13.8 Å². The van der Waals surface area contributed by atoms with Crippen LogP contribution in [0.25, 0.3) is 6.08 Å². The summed E-state index contributed by atoms with van der Waals surface area (Å²) in [5, 5.41) is 9.40. The van der Waals surface area contributed by atoms with E-state index >= 15 is 0 Å². The van der Waals surface area contributed by atoms with E-state index in [-0.39, 0.29) is 23.4 Å². The fourth-order valence-electron chi connectivity index (χ4n) is 3.14. The highest BCUT2D eigenvalue weighted by atomic mass is 16.2. The number of hydrogen-bond donors (Lipinski definition) is 0. The normalized spacial score (nSPS) is 17.1. The summed E-state index contributed by atoms with van der Waals surface area (Å²) in [6.07, 6.45) is 6.09. The van der Waals surface area contributed by atoms with Crippen molar-refractivity contribution >= 4 is 17.9 Å². The zero-order chi connectivity index (χ0) is 20.4. The van der Waals surface area contributed by atoms with Crippen LogP contribution < -0.4 is 0 Å². The van der Waals surface area contributed by atoms with E-state index in [2.05, 4.69) is 44.5 Å². The number of aryl methyl sites for hydroxylation is 1. The smallest absolute Gasteiger partial charge is 0.271 e. The van der Waals surface area contributed by atoms with Gasteiger partial charge in [0.05, 0.1) is 0 Å². The van der Waals surface area contributed by atoms with Gasteiger partial charge in [-0.1, -0.05) is 34.1 Å². The van der Waals surface area contributed by atoms with Crippen molar-refractivity contribution in [1.29, 1.82) is 5.26 Å². The van der Waals surface area contributed by atoms with Gasteiger partial charge in [0.1, 0.15) is 11.6 Å². The lowest BCUT2D eigenvalue weighted by Gasteiger charge is -2.26. The Morgan fingerprint density at radius 3 is 2.37 bits per heavy atom. The van der Waals surface area contributed by atoms with Crippen molar-refractivity contribution in [3.05, 3.63) is 40.2 Å². The molecule has 1 aromatic heterocycles. The Morgan fingerprint density at radius 2 is 1.85 bits per heavy atom. The molecule has 1 aliphatic rings. The average molecular weight is 367 g/mol. The van der Waals surface area contributed by atoms with Crippen LogP contribution in [0.2, 0.25) is 0 Å². The fourth-order valence-corrected chi connectivity index (χ4v) is 3.14. The monoisotopic (exact) mass is 367 g/mol. The quantitative estimate of drug-likeness (QED) is 0.579. The number of hydrogen-bond acceptors (Lipinski definition) is 3. The summed E-state index contributed by atoms with van der Waals surface area (Å²) in [4.78, 5) is 26.3. The molecule has 2 amide bonds. The zero-order valence-electron chi connectivity index (χ0n) is 17.2. The Labute approximate surface area is 162 Å². The van der Waals surface area contributed by atoms with Crippen LogP contribution in [-0.4, -0.2) is 27.8 Å². The Balaban J connectivity index is 2.63. The van der Waals surface area contributed by atoms with Gasteiger partial charge in [-0.15, -0.1) is 0 Å². The minimum atomic E-state index is -0.503. The van der Waals surface area contributed by atoms with Crippen molar-refractivity contribution < 1.29 is 9.59 Å². The van der Waals surface area contributed by atoms with Gasteiger partial charge in [-0.05, 0) is 49.0 Å². The van der Waals surface area contributed by atoms with Crippen LogP contribution >= 0.6 is 0 Å². The molecule has 1 aliphatic heterocycles. The predicted octanol–water partition coefficient (Wildman–Crippen LogP) is 4.20. The lowest BCUT2D eigenvalue weighted by atomic mass is 9.89. The number of aromatic nitrogens is 1. The van der Waals surface area contributed by atoms with E-state index in [9.17, 15) is 14.9 Å². The number of carbonyl (C=O) groups is 2. The number of carbonyl (C=O) groups excluding carboxylic acids is 2. The molecule has 0 atom stereocenters. The molecule has 0 radical (unpaired) electrons. The van der Waals surface area contributed by atoms with Crippen molar-refractivity contribution in [2.75, 3.05) is 6.54 Å². The Kier molecular flexibility index (Phi) is 6.10. The van der Waals surface area contributed by atoms with Crippen molar-refractivity contribution in [3.8, 4) is 6.07 Å². The molecular weight excluding hydrogens is 338 g/mol. The van der Waals surface area contributed by atoms with E-state index in [0.717, 1.165) is 30.0 Å². The van der Waals surface area contributed by atoms with E-state index in [1.165, 1.54) is 5.56 Å². The molecule has 2 heterocycles. The molecule has 2 rings (SSSR count). The summed E-state index contributed by atoms with van der Waals surface area (Å²) in [6.45, 7) is 13.2. The maximum absolute atomic E-state index is 12.9. The topological polar surface area (TPSA) is 66.1 Å². The van der Waals surface area contributed by atoms with E-state index in [1.807, 2.05) is 12.1 Å². The highest BCUT2D eigenvalue weighted by Gasteiger charge is 2.34. The van der Waals surface area contributed by atoms with Gasteiger partial charge in [-0.3, -0.25) is 14.5 Å². The van der Waals surface area contributed by atoms with Gasteiger partial charge in [0.2, 0.25) is 0 Å². The molecule has 0 saturated carbocycles. The molecule has 5 nitrogen and oxygen atoms in total. The molecule has 27 heavy (non-hydrogen) atoms. The summed E-state index contributed by atoms with van der Waals surface area (Å²) < 4.78 is 2.16. The lowest BCUT2D eigenvalue weighted by molar-refractivity contribution is -0.140. The standard InChI is InChI=1S/C22H29N3O2/c1-7-9-10-24-14-16(22(4,5)6)11-17(24)12-18-15(3)19(13-23)21(27)25(8-2)20(18)26/h11-12,14H,7-10H2,1-6H3/b18-12+. The van der Waals surface area contributed by atoms with Crippen molar-refractivity contribution in [1.82, 2.24) is 9.47 Å². The number of nitriles is 1. The van der Waals surface area contributed by atoms with Crippen LogP contribution in [-0.2, 0) is 21.5 Å². The van der Waals surface area contributed by atoms with Crippen LogP contribution in [0.4, 0.5) is 0 Å². The first-order valence-electron chi connectivity index (χ1n) is 9.55. The van der Waals surface area contributed by atoms with Gasteiger partial charge in [0.25, 0.3) is 11.8 Å². The van der Waals surface area contributed by atoms with Crippen LogP contribution in [0.15, 0.2) is 29.0 Å². The van der Waals surface area contributed by atoms with Gasteiger partial charge >= 0.3 is 0 Å². The third-order valence-corrected chi connectivity index (χ3v) is 4.98. The van der Waals surface area contributed by atoms with Crippen LogP contribution in [0.1, 0.15) is 65.6 Å². The van der Waals surface area contributed by atoms with Crippen molar-refractivity contribution in [2.24, 2.45) is 0 Å². The minimum Gasteiger partial charge on any atom is -0.348 e. The molecule has 0 aromatic carbocycles. The molecule has 0 saturated heterocycles. The maximum Gasteiger partial charge on any atom is 0.271 e. The Bertz CT molecular complexity index is 857. The zero-order valence-corrected chi connectivity index (χ0v) is 17.2. The summed E-state index contributed by atoms with van der Waals surface area (Å²) in [7, 11) is 0. The fraction of sp³-hybridized carbons (Fsp3) is 0.500. The van der Waals surface area contributed by atoms with Gasteiger partial charge in [-0.2, -0.15) is 5.26 Å². The largest absolute Gasteiger partial charge is 0.348 e. The number of nitrogens with zero attached hydrogens (tertiary/aromatic N) is 3. The van der Waals surface area contributed by atoms with Crippen LogP contribution in [0.5, 0.6) is 0 Å². The molecule has 0 bridgehead atoms. The molecule has 0 unspecified atom stereocenters. The van der Waals surface area contributed by atoms with Gasteiger partial charge in [-0.25, -0.2) is 0 Å². The third-order valence-electron chi connectivity index (χ3n) is 4.98. The van der Waals surface area contributed by atoms with Crippen LogP contribution in [0.3, 0.4) is 0 Å². The number of rotatable bonds is 5. The number of likely N-dealkylation sites (N-methyl/N-ethyl adjacent to an activating group) is 1. The molecule has 0 aliphatic carbocycles. The molecule has 5 heteroatoms. The highest BCUT2D eigenvalue weighted by molar-refractivity contribution is 6.19. The molecule has 0 fully saturated rings. The molecule has 144 valence electrons. The second-order valence-electron chi connectivity index (χ2n) is 7.97. The summed E-state index contributed by atoms with van der Waals surface area (Å²) >= 11 is 0. The van der Waals surface area contributed by atoms with E-state index in [4.69, 9.17) is 0 Å². The number of unbranched alkanes of at least 4 members (excludes halogenated alkanes) is 1. The van der Waals surface area contributed by atoms with Crippen LogP contribution in [0, 0.1) is 11.3 Å². The number of imide groups is 1. The Morgan fingerprint density at radius 1 is 1.19 bits per heavy atom. The van der Waals surface area contributed by atoms with Gasteiger partial charge < -0.3 is 4.57 Å². The van der Waals surface area contributed by atoms with Gasteiger partial charge in [0, 0.05) is 30.6 Å². The molecule has 0 spiro atoms. The first kappa shape index (κ1) is 20.7. The van der Waals surface area contributed by atoms with Crippen molar-refractivity contribution in [3.63, 3.8) is 0 Å². The summed E-state index contributed by atoms with van der Waals surface area (Å²) in [6, 6.07) is 4.07. The van der Waals surface area contributed by atoms with Crippen molar-refractivity contribution in [2.45, 2.75) is 66.3 Å². The summed E-state index contributed by atoms with van der Waals surface area (Å²) in [5.74, 6) is -0.837. The first-order valence-corrected chi connectivity index (χ1v) is 9.55. The average Bonchev–Trinajstić information content (AvgIpc) is 3.01.